The third-order valence-corrected chi connectivity index (χ3v) is 3.80. The van der Waals surface area contributed by atoms with Crippen molar-refractivity contribution in [2.75, 3.05) is 7.11 Å². The minimum absolute atomic E-state index is 0.271. The summed E-state index contributed by atoms with van der Waals surface area (Å²) in [7, 11) is 1.62. The van der Waals surface area contributed by atoms with Gasteiger partial charge in [-0.3, -0.25) is 0 Å². The van der Waals surface area contributed by atoms with Crippen LogP contribution >= 0.6 is 11.6 Å². The first-order chi connectivity index (χ1) is 9.10. The average Bonchev–Trinajstić information content (AvgIpc) is 2.85. The van der Waals surface area contributed by atoms with Crippen molar-refractivity contribution in [2.24, 2.45) is 0 Å². The van der Waals surface area contributed by atoms with Gasteiger partial charge in [-0.1, -0.05) is 11.6 Å². The van der Waals surface area contributed by atoms with E-state index in [2.05, 4.69) is 0 Å². The van der Waals surface area contributed by atoms with Gasteiger partial charge in [0.1, 0.15) is 0 Å². The van der Waals surface area contributed by atoms with Gasteiger partial charge in [0.15, 0.2) is 11.5 Å². The fourth-order valence-electron chi connectivity index (χ4n) is 2.49. The van der Waals surface area contributed by atoms with Crippen LogP contribution in [0.1, 0.15) is 38.2 Å². The standard InChI is InChI=1S/C15H21ClO3/c1-10(17)7-11-8-14(18-2)15(9-13(11)16)19-12-5-3-4-6-12/h8-10,12,17H,3-7H2,1-2H3. The maximum absolute atomic E-state index is 9.46. The molecule has 106 valence electrons. The smallest absolute Gasteiger partial charge is 0.163 e. The molecule has 0 saturated heterocycles. The van der Waals surface area contributed by atoms with E-state index >= 15 is 0 Å². The van der Waals surface area contributed by atoms with Crippen molar-refractivity contribution in [3.05, 3.63) is 22.7 Å². The number of benzene rings is 1. The van der Waals surface area contributed by atoms with Crippen molar-refractivity contribution in [1.29, 1.82) is 0 Å². The van der Waals surface area contributed by atoms with Crippen LogP contribution < -0.4 is 9.47 Å². The van der Waals surface area contributed by atoms with Gasteiger partial charge >= 0.3 is 0 Å². The normalized spacial score (nSPS) is 17.5. The largest absolute Gasteiger partial charge is 0.493 e. The van der Waals surface area contributed by atoms with Crippen LogP contribution in [0.5, 0.6) is 11.5 Å². The van der Waals surface area contributed by atoms with Gasteiger partial charge in [0.2, 0.25) is 0 Å². The lowest BCUT2D eigenvalue weighted by molar-refractivity contribution is 0.193. The third kappa shape index (κ3) is 3.77. The van der Waals surface area contributed by atoms with Gasteiger partial charge in [-0.15, -0.1) is 0 Å². The van der Waals surface area contributed by atoms with Gasteiger partial charge in [0.05, 0.1) is 19.3 Å². The maximum atomic E-state index is 9.46. The molecule has 1 aromatic rings. The Morgan fingerprint density at radius 1 is 1.32 bits per heavy atom. The van der Waals surface area contributed by atoms with Gasteiger partial charge in [-0.05, 0) is 50.7 Å². The fourth-order valence-corrected chi connectivity index (χ4v) is 2.72. The topological polar surface area (TPSA) is 38.7 Å². The van der Waals surface area contributed by atoms with E-state index in [4.69, 9.17) is 21.1 Å². The molecular weight excluding hydrogens is 264 g/mol. The molecule has 1 fully saturated rings. The average molecular weight is 285 g/mol. The van der Waals surface area contributed by atoms with E-state index in [1.165, 1.54) is 12.8 Å². The summed E-state index contributed by atoms with van der Waals surface area (Å²) in [5.41, 5.74) is 0.882. The number of hydrogen-bond donors (Lipinski definition) is 1. The summed E-state index contributed by atoms with van der Waals surface area (Å²) in [6.07, 6.45) is 4.99. The highest BCUT2D eigenvalue weighted by molar-refractivity contribution is 6.31. The van der Waals surface area contributed by atoms with E-state index < -0.39 is 6.10 Å². The van der Waals surface area contributed by atoms with Crippen LogP contribution in [0.15, 0.2) is 12.1 Å². The molecule has 0 amide bonds. The van der Waals surface area contributed by atoms with Crippen molar-refractivity contribution in [2.45, 2.75) is 51.2 Å². The Hall–Kier alpha value is -0.930. The molecule has 19 heavy (non-hydrogen) atoms. The second kappa shape index (κ2) is 6.49. The SMILES string of the molecule is COc1cc(CC(C)O)c(Cl)cc1OC1CCCC1. The van der Waals surface area contributed by atoms with E-state index in [1.807, 2.05) is 6.07 Å². The van der Waals surface area contributed by atoms with Crippen molar-refractivity contribution < 1.29 is 14.6 Å². The Kier molecular flexibility index (Phi) is 4.94. The lowest BCUT2D eigenvalue weighted by Crippen LogP contribution is -2.12. The third-order valence-electron chi connectivity index (χ3n) is 3.44. The summed E-state index contributed by atoms with van der Waals surface area (Å²) in [5.74, 6) is 1.39. The Balaban J connectivity index is 2.20. The maximum Gasteiger partial charge on any atom is 0.163 e. The van der Waals surface area contributed by atoms with E-state index in [9.17, 15) is 5.11 Å². The van der Waals surface area contributed by atoms with Crippen molar-refractivity contribution >= 4 is 11.6 Å². The minimum atomic E-state index is -0.427. The Bertz CT molecular complexity index is 426. The Morgan fingerprint density at radius 2 is 2.00 bits per heavy atom. The molecule has 1 aliphatic rings. The summed E-state index contributed by atoms with van der Waals surface area (Å²) < 4.78 is 11.3. The number of rotatable bonds is 5. The van der Waals surface area contributed by atoms with E-state index in [0.717, 1.165) is 18.4 Å². The first-order valence-corrected chi connectivity index (χ1v) is 7.19. The molecule has 4 heteroatoms. The molecule has 0 spiro atoms. The summed E-state index contributed by atoms with van der Waals surface area (Å²) in [4.78, 5) is 0. The lowest BCUT2D eigenvalue weighted by atomic mass is 10.1. The molecule has 1 unspecified atom stereocenters. The van der Waals surface area contributed by atoms with Gasteiger partial charge in [-0.2, -0.15) is 0 Å². The predicted octanol–water partition coefficient (Wildman–Crippen LogP) is 3.59. The van der Waals surface area contributed by atoms with Gasteiger partial charge in [-0.25, -0.2) is 0 Å². The van der Waals surface area contributed by atoms with Gasteiger partial charge in [0, 0.05) is 11.1 Å². The molecule has 0 bridgehead atoms. The van der Waals surface area contributed by atoms with Crippen molar-refractivity contribution in [1.82, 2.24) is 0 Å². The number of methoxy groups -OCH3 is 1. The molecule has 0 aromatic heterocycles. The van der Waals surface area contributed by atoms with Crippen LogP contribution in [0.3, 0.4) is 0 Å². The predicted molar refractivity (Wildman–Crippen MR) is 76.3 cm³/mol. The van der Waals surface area contributed by atoms with Crippen LogP contribution in [0.2, 0.25) is 5.02 Å². The first kappa shape index (κ1) is 14.5. The van der Waals surface area contributed by atoms with E-state index in [0.29, 0.717) is 22.9 Å². The summed E-state index contributed by atoms with van der Waals surface area (Å²) >= 11 is 6.24. The minimum Gasteiger partial charge on any atom is -0.493 e. The first-order valence-electron chi connectivity index (χ1n) is 6.81. The zero-order chi connectivity index (χ0) is 13.8. The van der Waals surface area contributed by atoms with Crippen LogP contribution in [-0.2, 0) is 6.42 Å². The highest BCUT2D eigenvalue weighted by Gasteiger charge is 2.19. The van der Waals surface area contributed by atoms with Crippen molar-refractivity contribution in [3.63, 3.8) is 0 Å². The lowest BCUT2D eigenvalue weighted by Gasteiger charge is -2.18. The van der Waals surface area contributed by atoms with Gasteiger partial charge < -0.3 is 14.6 Å². The summed E-state index contributed by atoms with van der Waals surface area (Å²) in [6.45, 7) is 1.74. The monoisotopic (exact) mass is 284 g/mol. The molecule has 1 aromatic carbocycles. The Morgan fingerprint density at radius 3 is 2.58 bits per heavy atom. The molecule has 0 radical (unpaired) electrons. The van der Waals surface area contributed by atoms with Crippen molar-refractivity contribution in [3.8, 4) is 11.5 Å². The second-order valence-corrected chi connectivity index (χ2v) is 5.58. The molecule has 3 nitrogen and oxygen atoms in total. The highest BCUT2D eigenvalue weighted by Crippen LogP contribution is 2.36. The highest BCUT2D eigenvalue weighted by atomic mass is 35.5. The molecule has 1 aliphatic carbocycles. The Labute approximate surface area is 119 Å². The molecule has 0 heterocycles. The van der Waals surface area contributed by atoms with Crippen LogP contribution in [0.4, 0.5) is 0 Å². The van der Waals surface area contributed by atoms with Gasteiger partial charge in [0.25, 0.3) is 0 Å². The molecule has 0 aliphatic heterocycles. The zero-order valence-electron chi connectivity index (χ0n) is 11.5. The quantitative estimate of drug-likeness (QED) is 0.898. The second-order valence-electron chi connectivity index (χ2n) is 5.17. The van der Waals surface area contributed by atoms with Crippen LogP contribution in [0.25, 0.3) is 0 Å². The molecule has 1 atom stereocenters. The molecule has 2 rings (SSSR count). The summed E-state index contributed by atoms with van der Waals surface area (Å²) in [6, 6.07) is 3.66. The number of aliphatic hydroxyl groups excluding tert-OH is 1. The van der Waals surface area contributed by atoms with Crippen LogP contribution in [0, 0.1) is 0 Å². The molecule has 1 N–H and O–H groups in total. The van der Waals surface area contributed by atoms with E-state index in [-0.39, 0.29) is 6.10 Å². The van der Waals surface area contributed by atoms with E-state index in [1.54, 1.807) is 20.1 Å². The van der Waals surface area contributed by atoms with Crippen LogP contribution in [-0.4, -0.2) is 24.4 Å². The number of hydrogen-bond acceptors (Lipinski definition) is 3. The number of aliphatic hydroxyl groups is 1. The molecule has 1 saturated carbocycles. The molecular formula is C15H21ClO3. The fraction of sp³-hybridized carbons (Fsp3) is 0.600. The summed E-state index contributed by atoms with van der Waals surface area (Å²) in [5, 5.41) is 10.1. The zero-order valence-corrected chi connectivity index (χ0v) is 12.2. The number of ether oxygens (including phenoxy) is 2. The number of halogens is 1.